The van der Waals surface area contributed by atoms with Gasteiger partial charge < -0.3 is 9.29 Å². The predicted octanol–water partition coefficient (Wildman–Crippen LogP) is -2.94. The summed E-state index contributed by atoms with van der Waals surface area (Å²) in [5.41, 5.74) is 1.42. The summed E-state index contributed by atoms with van der Waals surface area (Å²) in [6.45, 7) is 0. The Bertz CT molecular complexity index is 666. The Labute approximate surface area is 137 Å². The van der Waals surface area contributed by atoms with Crippen molar-refractivity contribution in [2.24, 2.45) is 5.10 Å². The third-order valence-corrected chi connectivity index (χ3v) is 2.82. The van der Waals surface area contributed by atoms with Crippen LogP contribution in [-0.2, 0) is 19.6 Å². The van der Waals surface area contributed by atoms with Crippen molar-refractivity contribution in [3.8, 4) is 6.07 Å². The van der Waals surface area contributed by atoms with Crippen LogP contribution in [0.2, 0.25) is 0 Å². The number of hydrogen-bond acceptors (Lipinski definition) is 8. The number of nitriles is 1. The van der Waals surface area contributed by atoms with E-state index in [1.54, 1.807) is 0 Å². The van der Waals surface area contributed by atoms with Gasteiger partial charge in [-0.05, 0) is 12.1 Å². The molecule has 20 heavy (non-hydrogen) atoms. The molecule has 0 bridgehead atoms. The molecule has 1 aromatic rings. The number of hydrogen-bond donors (Lipinski definition) is 1. The van der Waals surface area contributed by atoms with Crippen LogP contribution < -0.4 is 35.0 Å². The molecule has 8 nitrogen and oxygen atoms in total. The first kappa shape index (κ1) is 18.6. The summed E-state index contributed by atoms with van der Waals surface area (Å²) >= 11 is 0. The molecule has 0 unspecified atom stereocenters. The Morgan fingerprint density at radius 2 is 2.05 bits per heavy atom. The van der Waals surface area contributed by atoms with Crippen LogP contribution in [0.5, 0.6) is 0 Å². The molecule has 0 heterocycles. The second-order valence-corrected chi connectivity index (χ2v) is 4.47. The smallest absolute Gasteiger partial charge is 0.744 e. The molecule has 0 aliphatic heterocycles. The number of anilines is 1. The van der Waals surface area contributed by atoms with Gasteiger partial charge in [0.25, 0.3) is 0 Å². The maximum Gasteiger partial charge on any atom is 1.00 e. The molecule has 1 N–H and O–H groups in total. The number of carbonyl (C=O) groups excluding carboxylic acids is 1. The van der Waals surface area contributed by atoms with Crippen LogP contribution in [0.3, 0.4) is 0 Å². The standard InChI is InChI=1S/C10H9N3O5S.Na/c1-18-10(14)8(6-11)13-12-7-4-2-3-5-9(7)19(15,16)17;/h2-5,12H,1H3,(H,15,16,17);/q;+1/p-1/b13-8-;. The van der Waals surface area contributed by atoms with Crippen LogP contribution >= 0.6 is 0 Å². The average molecular weight is 305 g/mol. The van der Waals surface area contributed by atoms with E-state index in [1.807, 2.05) is 0 Å². The fourth-order valence-corrected chi connectivity index (χ4v) is 1.73. The minimum Gasteiger partial charge on any atom is -0.744 e. The van der Waals surface area contributed by atoms with Gasteiger partial charge in [0.2, 0.25) is 5.71 Å². The summed E-state index contributed by atoms with van der Waals surface area (Å²) in [6.07, 6.45) is 0. The molecule has 100 valence electrons. The minimum absolute atomic E-state index is 0. The van der Waals surface area contributed by atoms with Gasteiger partial charge in [0.05, 0.1) is 17.7 Å². The van der Waals surface area contributed by atoms with Crippen molar-refractivity contribution < 1.29 is 52.1 Å². The number of benzene rings is 1. The van der Waals surface area contributed by atoms with Gasteiger partial charge in [0.15, 0.2) is 0 Å². The average Bonchev–Trinajstić information content (AvgIpc) is 2.38. The van der Waals surface area contributed by atoms with Gasteiger partial charge in [-0.25, -0.2) is 13.2 Å². The third kappa shape index (κ3) is 4.92. The topological polar surface area (TPSA) is 132 Å². The van der Waals surface area contributed by atoms with E-state index in [9.17, 15) is 17.8 Å². The van der Waals surface area contributed by atoms with Crippen molar-refractivity contribution in [2.45, 2.75) is 4.90 Å². The van der Waals surface area contributed by atoms with E-state index >= 15 is 0 Å². The first-order valence-electron chi connectivity index (χ1n) is 4.77. The molecule has 0 aliphatic rings. The summed E-state index contributed by atoms with van der Waals surface area (Å²) in [4.78, 5) is 10.5. The van der Waals surface area contributed by atoms with E-state index in [1.165, 1.54) is 24.3 Å². The normalized spacial score (nSPS) is 10.9. The molecule has 0 aliphatic carbocycles. The van der Waals surface area contributed by atoms with Crippen LogP contribution in [-0.4, -0.2) is 31.8 Å². The maximum absolute atomic E-state index is 11.1. The molecule has 0 fully saturated rings. The Balaban J connectivity index is 0.00000361. The quantitative estimate of drug-likeness (QED) is 0.207. The van der Waals surface area contributed by atoms with E-state index in [0.717, 1.165) is 13.2 Å². The van der Waals surface area contributed by atoms with Crippen LogP contribution in [0.15, 0.2) is 34.3 Å². The number of hydrazone groups is 1. The second kappa shape index (κ2) is 7.98. The van der Waals surface area contributed by atoms with Crippen molar-refractivity contribution >= 4 is 27.5 Å². The zero-order valence-corrected chi connectivity index (χ0v) is 13.5. The van der Waals surface area contributed by atoms with Crippen molar-refractivity contribution in [1.82, 2.24) is 0 Å². The Morgan fingerprint density at radius 1 is 1.45 bits per heavy atom. The van der Waals surface area contributed by atoms with Crippen molar-refractivity contribution in [3.63, 3.8) is 0 Å². The summed E-state index contributed by atoms with van der Waals surface area (Å²) in [6, 6.07) is 6.61. The number of nitrogens with one attached hydrogen (secondary N) is 1. The van der Waals surface area contributed by atoms with E-state index in [2.05, 4.69) is 15.3 Å². The monoisotopic (exact) mass is 305 g/mol. The van der Waals surface area contributed by atoms with Crippen molar-refractivity contribution in [3.05, 3.63) is 24.3 Å². The third-order valence-electron chi connectivity index (χ3n) is 1.93. The van der Waals surface area contributed by atoms with Crippen molar-refractivity contribution in [1.29, 1.82) is 5.26 Å². The molecule has 0 radical (unpaired) electrons. The molecular formula is C10H8N3NaO5S. The Kier molecular flexibility index (Phi) is 7.41. The number of para-hydroxylation sites is 1. The second-order valence-electron chi connectivity index (χ2n) is 3.13. The van der Waals surface area contributed by atoms with Crippen LogP contribution in [0.25, 0.3) is 0 Å². The Hall–Kier alpha value is -1.44. The van der Waals surface area contributed by atoms with Gasteiger partial charge in [-0.2, -0.15) is 10.4 Å². The molecule has 0 amide bonds. The zero-order chi connectivity index (χ0) is 14.5. The van der Waals surface area contributed by atoms with Crippen LogP contribution in [0.4, 0.5) is 5.69 Å². The molecule has 10 heteroatoms. The SMILES string of the molecule is COC(=O)/C(C#N)=N\Nc1ccccc1S(=O)(=O)[O-].[Na+]. The van der Waals surface area contributed by atoms with E-state index in [-0.39, 0.29) is 35.2 Å². The summed E-state index contributed by atoms with van der Waals surface area (Å²) in [5.74, 6) is -0.988. The van der Waals surface area contributed by atoms with Gasteiger partial charge in [-0.3, -0.25) is 5.43 Å². The number of carbonyl (C=O) groups is 1. The molecule has 0 atom stereocenters. The van der Waals surface area contributed by atoms with Gasteiger partial charge in [-0.1, -0.05) is 12.1 Å². The summed E-state index contributed by atoms with van der Waals surface area (Å²) in [7, 11) is -3.63. The van der Waals surface area contributed by atoms with Crippen molar-refractivity contribution in [2.75, 3.05) is 12.5 Å². The summed E-state index contributed by atoms with van der Waals surface area (Å²) in [5, 5.41) is 12.0. The van der Waals surface area contributed by atoms with E-state index in [0.29, 0.717) is 0 Å². The summed E-state index contributed by atoms with van der Waals surface area (Å²) < 4.78 is 37.1. The molecular weight excluding hydrogens is 297 g/mol. The van der Waals surface area contributed by atoms with Gasteiger partial charge >= 0.3 is 35.5 Å². The molecule has 0 saturated carbocycles. The van der Waals surface area contributed by atoms with Gasteiger partial charge in [0, 0.05) is 0 Å². The first-order valence-corrected chi connectivity index (χ1v) is 6.18. The predicted molar refractivity (Wildman–Crippen MR) is 63.1 cm³/mol. The maximum atomic E-state index is 11.1. The number of methoxy groups -OCH3 is 1. The zero-order valence-electron chi connectivity index (χ0n) is 10.7. The van der Waals surface area contributed by atoms with Crippen LogP contribution in [0.1, 0.15) is 0 Å². The first-order chi connectivity index (χ1) is 8.90. The van der Waals surface area contributed by atoms with Crippen LogP contribution in [0, 0.1) is 11.3 Å². The van der Waals surface area contributed by atoms with Gasteiger partial charge in [0.1, 0.15) is 16.2 Å². The number of rotatable bonds is 4. The molecule has 1 rings (SSSR count). The molecule has 0 spiro atoms. The van der Waals surface area contributed by atoms with Gasteiger partial charge in [-0.15, -0.1) is 0 Å². The number of esters is 1. The minimum atomic E-state index is -4.69. The molecule has 0 aromatic heterocycles. The fraction of sp³-hybridized carbons (Fsp3) is 0.100. The molecule has 1 aromatic carbocycles. The van der Waals surface area contributed by atoms with E-state index in [4.69, 9.17) is 5.26 Å². The number of ether oxygens (including phenoxy) is 1. The van der Waals surface area contributed by atoms with E-state index < -0.39 is 26.7 Å². The molecule has 0 saturated heterocycles. The fourth-order valence-electron chi connectivity index (χ4n) is 1.11. The number of nitrogens with zero attached hydrogens (tertiary/aromatic N) is 2. The Morgan fingerprint density at radius 3 is 2.55 bits per heavy atom. The largest absolute Gasteiger partial charge is 1.00 e.